The number of rotatable bonds is 10. The number of nitrogens with zero attached hydrogens (tertiary/aromatic N) is 3. The van der Waals surface area contributed by atoms with Crippen LogP contribution in [0.15, 0.2) is 36.8 Å². The van der Waals surface area contributed by atoms with Crippen molar-refractivity contribution in [1.82, 2.24) is 29.6 Å². The second-order valence-electron chi connectivity index (χ2n) is 9.32. The third-order valence-electron chi connectivity index (χ3n) is 6.48. The summed E-state index contributed by atoms with van der Waals surface area (Å²) < 4.78 is 28.2. The number of anilines is 1. The van der Waals surface area contributed by atoms with Gasteiger partial charge in [-0.05, 0) is 62.4 Å². The molecule has 2 aromatic rings. The number of benzene rings is 1. The van der Waals surface area contributed by atoms with Crippen LogP contribution < -0.4 is 20.5 Å². The van der Waals surface area contributed by atoms with E-state index in [0.29, 0.717) is 11.9 Å². The molecule has 4 rings (SSSR count). The maximum Gasteiger partial charge on any atom is 0.301 e. The first-order valence-corrected chi connectivity index (χ1v) is 13.3. The van der Waals surface area contributed by atoms with Gasteiger partial charge in [-0.15, -0.1) is 0 Å². The van der Waals surface area contributed by atoms with Gasteiger partial charge < -0.3 is 16.0 Å². The number of nitrogens with two attached hydrogens (primary N) is 1. The topological polar surface area (TPSA) is 142 Å². The lowest BCUT2D eigenvalue weighted by atomic mass is 9.79. The molecule has 1 aromatic carbocycles. The van der Waals surface area contributed by atoms with E-state index >= 15 is 0 Å². The Kier molecular flexibility index (Phi) is 7.68. The Morgan fingerprint density at radius 3 is 2.69 bits per heavy atom. The molecule has 2 fully saturated rings. The fourth-order valence-corrected chi connectivity index (χ4v) is 5.34. The van der Waals surface area contributed by atoms with Gasteiger partial charge in [0.1, 0.15) is 12.1 Å². The minimum Gasteiger partial charge on any atom is -0.388 e. The molecule has 11 heteroatoms. The zero-order valence-electron chi connectivity index (χ0n) is 20.1. The molecule has 10 nitrogen and oxygen atoms in total. The number of amides is 1. The van der Waals surface area contributed by atoms with Crippen LogP contribution in [-0.4, -0.2) is 54.9 Å². The molecule has 0 bridgehead atoms. The minimum atomic E-state index is -3.93. The number of carbonyl (C=O) groups excluding carboxylic acids is 1. The van der Waals surface area contributed by atoms with Crippen LogP contribution in [0.2, 0.25) is 0 Å². The average Bonchev–Trinajstić information content (AvgIpc) is 2.73. The molecule has 1 amide bonds. The lowest BCUT2D eigenvalue weighted by Gasteiger charge is -2.41. The first kappa shape index (κ1) is 25.1. The Balaban J connectivity index is 1.52. The molecule has 0 atom stereocenters. The number of aryl methyl sites for hydroxylation is 1. The molecule has 0 spiro atoms. The predicted molar refractivity (Wildman–Crippen MR) is 135 cm³/mol. The number of nitrogen functional groups attached to an aromatic ring is 1. The highest BCUT2D eigenvalue weighted by atomic mass is 32.2. The highest BCUT2D eigenvalue weighted by molar-refractivity contribution is 7.88. The van der Waals surface area contributed by atoms with Crippen molar-refractivity contribution < 1.29 is 13.2 Å². The standard InChI is InChI=1S/C24H33N7O3S/c1-16-23(24(25)28-15-27-16)22(13-26-21-10-19(11-21)14-31-7-4-8-31)20-6-3-5-18(9-20)12-29-35(33,34)30-17(2)32/h3,5-6,9,13,15,19,21,26,29H,4,7-8,10-12,14H2,1-2H3,(H,30,32)(H2,25,27,28)/b22-13-. The van der Waals surface area contributed by atoms with Gasteiger partial charge in [0.25, 0.3) is 0 Å². The minimum absolute atomic E-state index is 0.0255. The summed E-state index contributed by atoms with van der Waals surface area (Å²) in [5.41, 5.74) is 10.2. The smallest absolute Gasteiger partial charge is 0.301 e. The first-order valence-electron chi connectivity index (χ1n) is 11.8. The normalized spacial score (nSPS) is 20.6. The third-order valence-corrected chi connectivity index (χ3v) is 7.56. The van der Waals surface area contributed by atoms with Gasteiger partial charge in [-0.2, -0.15) is 13.1 Å². The summed E-state index contributed by atoms with van der Waals surface area (Å²) in [7, 11) is -3.93. The van der Waals surface area contributed by atoms with E-state index in [1.54, 1.807) is 0 Å². The Labute approximate surface area is 206 Å². The zero-order valence-corrected chi connectivity index (χ0v) is 20.9. The Bertz CT molecular complexity index is 1190. The van der Waals surface area contributed by atoms with Crippen molar-refractivity contribution in [2.24, 2.45) is 5.92 Å². The number of hydrogen-bond donors (Lipinski definition) is 4. The number of nitrogens with one attached hydrogen (secondary N) is 3. The van der Waals surface area contributed by atoms with Crippen LogP contribution in [0.5, 0.6) is 0 Å². The first-order chi connectivity index (χ1) is 16.7. The zero-order chi connectivity index (χ0) is 25.0. The molecule has 1 aromatic heterocycles. The van der Waals surface area contributed by atoms with Gasteiger partial charge in [-0.1, -0.05) is 18.2 Å². The van der Waals surface area contributed by atoms with Gasteiger partial charge >= 0.3 is 10.2 Å². The Morgan fingerprint density at radius 2 is 2.03 bits per heavy atom. The maximum atomic E-state index is 12.0. The summed E-state index contributed by atoms with van der Waals surface area (Å²) in [6.07, 6.45) is 7.00. The summed E-state index contributed by atoms with van der Waals surface area (Å²) in [5.74, 6) is 0.462. The number of hydrogen-bond acceptors (Lipinski definition) is 8. The summed E-state index contributed by atoms with van der Waals surface area (Å²) in [6.45, 7) is 6.69. The quantitative estimate of drug-likeness (QED) is 0.383. The molecule has 1 saturated heterocycles. The van der Waals surface area contributed by atoms with Crippen molar-refractivity contribution in [1.29, 1.82) is 0 Å². The Hall–Kier alpha value is -3.02. The fourth-order valence-electron chi connectivity index (χ4n) is 4.53. The van der Waals surface area contributed by atoms with Crippen molar-refractivity contribution in [3.05, 3.63) is 59.2 Å². The maximum absolute atomic E-state index is 12.0. The van der Waals surface area contributed by atoms with E-state index < -0.39 is 16.1 Å². The van der Waals surface area contributed by atoms with Crippen LogP contribution in [0.4, 0.5) is 5.82 Å². The molecular formula is C24H33N7O3S. The summed E-state index contributed by atoms with van der Waals surface area (Å²) in [6, 6.07) is 7.90. The van der Waals surface area contributed by atoms with Crippen molar-refractivity contribution in [2.45, 2.75) is 45.7 Å². The molecular weight excluding hydrogens is 466 g/mol. The monoisotopic (exact) mass is 499 g/mol. The van der Waals surface area contributed by atoms with Gasteiger partial charge in [-0.3, -0.25) is 4.79 Å². The summed E-state index contributed by atoms with van der Waals surface area (Å²) in [5, 5.41) is 3.56. The van der Waals surface area contributed by atoms with Crippen molar-refractivity contribution in [3.63, 3.8) is 0 Å². The molecule has 1 aliphatic heterocycles. The molecule has 1 aliphatic carbocycles. The number of likely N-dealkylation sites (tertiary alicyclic amines) is 1. The van der Waals surface area contributed by atoms with Crippen LogP contribution in [0, 0.1) is 12.8 Å². The fraction of sp³-hybridized carbons (Fsp3) is 0.458. The molecule has 2 heterocycles. The van der Waals surface area contributed by atoms with Crippen molar-refractivity contribution in [2.75, 3.05) is 25.4 Å². The summed E-state index contributed by atoms with van der Waals surface area (Å²) >= 11 is 0. The molecule has 35 heavy (non-hydrogen) atoms. The van der Waals surface area contributed by atoms with Gasteiger partial charge in [0.15, 0.2) is 0 Å². The van der Waals surface area contributed by atoms with E-state index in [9.17, 15) is 13.2 Å². The van der Waals surface area contributed by atoms with Gasteiger partial charge in [0.05, 0.1) is 5.69 Å². The lowest BCUT2D eigenvalue weighted by molar-refractivity contribution is -0.117. The van der Waals surface area contributed by atoms with E-state index in [1.807, 2.05) is 42.1 Å². The predicted octanol–water partition coefficient (Wildman–Crippen LogP) is 1.30. The van der Waals surface area contributed by atoms with E-state index in [4.69, 9.17) is 5.73 Å². The van der Waals surface area contributed by atoms with Crippen molar-refractivity contribution in [3.8, 4) is 0 Å². The highest BCUT2D eigenvalue weighted by Gasteiger charge is 2.31. The van der Waals surface area contributed by atoms with Gasteiger partial charge in [0, 0.05) is 43.4 Å². The molecule has 188 valence electrons. The largest absolute Gasteiger partial charge is 0.388 e. The number of carbonyl (C=O) groups is 1. The van der Waals surface area contributed by atoms with Crippen LogP contribution in [0.1, 0.15) is 48.6 Å². The highest BCUT2D eigenvalue weighted by Crippen LogP contribution is 2.32. The second kappa shape index (κ2) is 10.7. The van der Waals surface area contributed by atoms with Crippen LogP contribution in [0.25, 0.3) is 5.57 Å². The molecule has 1 saturated carbocycles. The average molecular weight is 500 g/mol. The number of aromatic nitrogens is 2. The van der Waals surface area contributed by atoms with Crippen LogP contribution in [-0.2, 0) is 21.5 Å². The molecule has 0 unspecified atom stereocenters. The molecule has 2 aliphatic rings. The van der Waals surface area contributed by atoms with Gasteiger partial charge in [0.2, 0.25) is 5.91 Å². The van der Waals surface area contributed by atoms with E-state index in [0.717, 1.165) is 53.6 Å². The van der Waals surface area contributed by atoms with Gasteiger partial charge in [-0.25, -0.2) is 14.7 Å². The van der Waals surface area contributed by atoms with Crippen molar-refractivity contribution >= 4 is 27.5 Å². The lowest BCUT2D eigenvalue weighted by Crippen LogP contribution is -2.47. The third kappa shape index (κ3) is 6.56. The van der Waals surface area contributed by atoms with Crippen LogP contribution >= 0.6 is 0 Å². The second-order valence-corrected chi connectivity index (χ2v) is 10.8. The molecule has 0 radical (unpaired) electrons. The van der Waals surface area contributed by atoms with Crippen LogP contribution in [0.3, 0.4) is 0 Å². The SMILES string of the molecule is CC(=O)NS(=O)(=O)NCc1cccc(/C(=C/NC2CC(CN3CCC3)C2)c2c(C)ncnc2N)c1. The Morgan fingerprint density at radius 1 is 1.26 bits per heavy atom. The summed E-state index contributed by atoms with van der Waals surface area (Å²) in [4.78, 5) is 22.1. The van der Waals surface area contributed by atoms with E-state index in [-0.39, 0.29) is 6.54 Å². The van der Waals surface area contributed by atoms with E-state index in [1.165, 1.54) is 32.4 Å². The van der Waals surface area contributed by atoms with E-state index in [2.05, 4.69) is 24.9 Å². The molecule has 5 N–H and O–H groups in total.